The fraction of sp³-hybridized carbons (Fsp3) is 0.222. The van der Waals surface area contributed by atoms with Crippen molar-refractivity contribution >= 4 is 17.7 Å². The predicted molar refractivity (Wildman–Crippen MR) is 61.6 cm³/mol. The maximum Gasteiger partial charge on any atom is 0.322 e. The Labute approximate surface area is 102 Å². The molecule has 8 heteroatoms. The normalized spacial score (nSPS) is 10.2. The lowest BCUT2D eigenvalue weighted by Crippen LogP contribution is -2.04. The molecule has 2 rings (SSSR count). The number of hydrogen-bond acceptors (Lipinski definition) is 8. The lowest BCUT2D eigenvalue weighted by molar-refractivity contribution is 0.308. The molecule has 0 saturated carbocycles. The summed E-state index contributed by atoms with van der Waals surface area (Å²) in [7, 11) is 0. The molecule has 2 aromatic rings. The van der Waals surface area contributed by atoms with Crippen LogP contribution in [0.4, 0.5) is 5.95 Å². The third kappa shape index (κ3) is 3.25. The van der Waals surface area contributed by atoms with E-state index in [0.29, 0.717) is 11.8 Å². The van der Waals surface area contributed by atoms with Gasteiger partial charge in [0, 0.05) is 6.20 Å². The molecule has 0 aliphatic carbocycles. The van der Waals surface area contributed by atoms with Crippen LogP contribution in [-0.4, -0.2) is 31.5 Å². The van der Waals surface area contributed by atoms with E-state index in [1.54, 1.807) is 12.3 Å². The number of nitrogens with zero attached hydrogens (tertiary/aromatic N) is 5. The van der Waals surface area contributed by atoms with Crippen LogP contribution in [-0.2, 0) is 0 Å². The zero-order valence-corrected chi connectivity index (χ0v) is 9.89. The lowest BCUT2D eigenvalue weighted by Gasteiger charge is -2.03. The van der Waals surface area contributed by atoms with Gasteiger partial charge >= 0.3 is 6.01 Å². The Morgan fingerprint density at radius 1 is 1.35 bits per heavy atom. The smallest absolute Gasteiger partial charge is 0.322 e. The average Bonchev–Trinajstić information content (AvgIpc) is 2.30. The van der Waals surface area contributed by atoms with E-state index in [1.807, 2.05) is 6.92 Å². The third-order valence-electron chi connectivity index (χ3n) is 1.64. The molecule has 0 aliphatic heterocycles. The minimum Gasteiger partial charge on any atom is -0.464 e. The highest BCUT2D eigenvalue weighted by Gasteiger charge is 2.07. The van der Waals surface area contributed by atoms with Gasteiger partial charge in [0.25, 0.3) is 0 Å². The maximum absolute atomic E-state index is 5.56. The van der Waals surface area contributed by atoms with E-state index in [0.717, 1.165) is 5.03 Å². The van der Waals surface area contributed by atoms with Crippen LogP contribution in [0.2, 0.25) is 0 Å². The van der Waals surface area contributed by atoms with E-state index in [4.69, 9.17) is 10.5 Å². The lowest BCUT2D eigenvalue weighted by atomic mass is 10.7. The summed E-state index contributed by atoms with van der Waals surface area (Å²) in [5, 5.41) is 1.17. The number of anilines is 1. The summed E-state index contributed by atoms with van der Waals surface area (Å²) in [5.41, 5.74) is 5.56. The molecule has 17 heavy (non-hydrogen) atoms. The second kappa shape index (κ2) is 5.39. The molecule has 2 heterocycles. The van der Waals surface area contributed by atoms with Gasteiger partial charge in [-0.1, -0.05) is 0 Å². The Balaban J connectivity index is 2.21. The molecular weight excluding hydrogens is 240 g/mol. The van der Waals surface area contributed by atoms with Gasteiger partial charge in [-0.15, -0.1) is 0 Å². The van der Waals surface area contributed by atoms with Crippen LogP contribution >= 0.6 is 11.8 Å². The number of nitrogens with two attached hydrogens (primary N) is 1. The van der Waals surface area contributed by atoms with E-state index >= 15 is 0 Å². The van der Waals surface area contributed by atoms with Crippen LogP contribution in [0.15, 0.2) is 28.8 Å². The first-order valence-corrected chi connectivity index (χ1v) is 5.68. The van der Waals surface area contributed by atoms with Crippen LogP contribution < -0.4 is 10.5 Å². The molecule has 0 amide bonds. The molecule has 0 fully saturated rings. The van der Waals surface area contributed by atoms with Crippen molar-refractivity contribution < 1.29 is 4.74 Å². The van der Waals surface area contributed by atoms with Crippen LogP contribution in [0.5, 0.6) is 6.01 Å². The van der Waals surface area contributed by atoms with E-state index in [1.165, 1.54) is 18.1 Å². The van der Waals surface area contributed by atoms with Gasteiger partial charge in [0.05, 0.1) is 6.61 Å². The van der Waals surface area contributed by atoms with Gasteiger partial charge in [-0.3, -0.25) is 0 Å². The van der Waals surface area contributed by atoms with Gasteiger partial charge in [-0.25, -0.2) is 9.97 Å². The van der Waals surface area contributed by atoms with Gasteiger partial charge in [0.2, 0.25) is 11.1 Å². The Kier molecular flexibility index (Phi) is 3.66. The van der Waals surface area contributed by atoms with E-state index in [-0.39, 0.29) is 12.0 Å². The van der Waals surface area contributed by atoms with E-state index < -0.39 is 0 Å². The molecule has 0 aromatic carbocycles. The minimum atomic E-state index is 0.125. The van der Waals surface area contributed by atoms with Crippen molar-refractivity contribution in [1.82, 2.24) is 24.9 Å². The van der Waals surface area contributed by atoms with E-state index in [2.05, 4.69) is 24.9 Å². The van der Waals surface area contributed by atoms with Crippen molar-refractivity contribution in [1.29, 1.82) is 0 Å². The monoisotopic (exact) mass is 250 g/mol. The Morgan fingerprint density at radius 3 is 2.94 bits per heavy atom. The second-order valence-corrected chi connectivity index (χ2v) is 3.83. The second-order valence-electron chi connectivity index (χ2n) is 2.84. The van der Waals surface area contributed by atoms with Crippen molar-refractivity contribution in [2.45, 2.75) is 17.1 Å². The van der Waals surface area contributed by atoms with Crippen LogP contribution in [0.1, 0.15) is 6.92 Å². The van der Waals surface area contributed by atoms with Crippen molar-refractivity contribution in [3.05, 3.63) is 18.6 Å². The summed E-state index contributed by atoms with van der Waals surface area (Å²) >= 11 is 1.27. The Bertz CT molecular complexity index is 494. The molecular formula is C9H10N6OS. The zero-order valence-electron chi connectivity index (χ0n) is 9.07. The van der Waals surface area contributed by atoms with Crippen LogP contribution in [0, 0.1) is 0 Å². The zero-order chi connectivity index (χ0) is 12.1. The maximum atomic E-state index is 5.56. The highest BCUT2D eigenvalue weighted by atomic mass is 32.2. The molecule has 0 saturated heterocycles. The highest BCUT2D eigenvalue weighted by Crippen LogP contribution is 2.23. The quantitative estimate of drug-likeness (QED) is 0.795. The van der Waals surface area contributed by atoms with Gasteiger partial charge in [0.15, 0.2) is 0 Å². The minimum absolute atomic E-state index is 0.125. The first-order valence-electron chi connectivity index (χ1n) is 4.86. The molecule has 0 aliphatic rings. The van der Waals surface area contributed by atoms with Crippen molar-refractivity contribution in [2.75, 3.05) is 12.3 Å². The number of hydrogen-bond donors (Lipinski definition) is 1. The molecule has 0 bridgehead atoms. The number of nitrogen functional groups attached to an aromatic ring is 1. The highest BCUT2D eigenvalue weighted by molar-refractivity contribution is 7.99. The van der Waals surface area contributed by atoms with Gasteiger partial charge in [-0.2, -0.15) is 15.0 Å². The Hall–Kier alpha value is -1.96. The summed E-state index contributed by atoms with van der Waals surface area (Å²) in [6.45, 7) is 2.32. The summed E-state index contributed by atoms with van der Waals surface area (Å²) in [5.74, 6) is 0.125. The molecule has 7 nitrogen and oxygen atoms in total. The summed E-state index contributed by atoms with van der Waals surface area (Å²) in [6, 6.07) is 1.97. The molecule has 2 aromatic heterocycles. The predicted octanol–water partition coefficient (Wildman–Crippen LogP) is 0.794. The Morgan fingerprint density at radius 2 is 2.24 bits per heavy atom. The van der Waals surface area contributed by atoms with Crippen LogP contribution in [0.25, 0.3) is 0 Å². The molecule has 0 unspecified atom stereocenters. The first kappa shape index (κ1) is 11.5. The van der Waals surface area contributed by atoms with Gasteiger partial charge in [0.1, 0.15) is 11.4 Å². The van der Waals surface area contributed by atoms with Crippen molar-refractivity contribution in [2.24, 2.45) is 0 Å². The standard InChI is InChI=1S/C9H10N6OS/c1-2-16-8-13-7(10)14-9(15-8)17-6-3-4-11-5-12-6/h3-5H,2H2,1H3,(H2,10,13,14,15). The summed E-state index contributed by atoms with van der Waals surface area (Å²) in [6.07, 6.45) is 3.10. The largest absolute Gasteiger partial charge is 0.464 e. The topological polar surface area (TPSA) is 99.7 Å². The number of aromatic nitrogens is 5. The summed E-state index contributed by atoms with van der Waals surface area (Å²) in [4.78, 5) is 19.8. The summed E-state index contributed by atoms with van der Waals surface area (Å²) < 4.78 is 5.18. The SMILES string of the molecule is CCOc1nc(N)nc(Sc2ccncn2)n1. The molecule has 0 atom stereocenters. The molecule has 0 radical (unpaired) electrons. The van der Waals surface area contributed by atoms with Gasteiger partial charge in [-0.05, 0) is 24.8 Å². The van der Waals surface area contributed by atoms with Crippen LogP contribution in [0.3, 0.4) is 0 Å². The average molecular weight is 250 g/mol. The van der Waals surface area contributed by atoms with Crippen molar-refractivity contribution in [3.63, 3.8) is 0 Å². The number of rotatable bonds is 4. The van der Waals surface area contributed by atoms with E-state index in [9.17, 15) is 0 Å². The molecule has 88 valence electrons. The van der Waals surface area contributed by atoms with Gasteiger partial charge < -0.3 is 10.5 Å². The number of ether oxygens (including phenoxy) is 1. The molecule has 2 N–H and O–H groups in total. The molecule has 0 spiro atoms. The van der Waals surface area contributed by atoms with Crippen molar-refractivity contribution in [3.8, 4) is 6.01 Å². The first-order chi connectivity index (χ1) is 8.28. The fourth-order valence-corrected chi connectivity index (χ4v) is 1.70. The third-order valence-corrected chi connectivity index (χ3v) is 2.45. The fourth-order valence-electron chi connectivity index (χ4n) is 1.02.